The van der Waals surface area contributed by atoms with E-state index < -0.39 is 10.0 Å². The Labute approximate surface area is 203 Å². The van der Waals surface area contributed by atoms with Crippen molar-refractivity contribution in [2.45, 2.75) is 56.6 Å². The van der Waals surface area contributed by atoms with Gasteiger partial charge in [0.25, 0.3) is 0 Å². The standard InChI is InChI=1S/C26H35N3O4S/c1-21-12-13-24(34(31,32)29-14-6-3-7-15-29)17-25(21)27-26(30)20-28(19-23-11-8-16-33-23)18-22-9-4-2-5-10-22/h2,4-5,9-10,12-13,17,23H,3,6-8,11,14-16,18-20H2,1H3,(H,27,30). The minimum absolute atomic E-state index is 0.135. The Balaban J connectivity index is 1.46. The molecule has 4 rings (SSSR count). The molecule has 8 heteroatoms. The molecule has 2 saturated heterocycles. The van der Waals surface area contributed by atoms with Crippen molar-refractivity contribution in [1.29, 1.82) is 0 Å². The van der Waals surface area contributed by atoms with Crippen molar-refractivity contribution >= 4 is 21.6 Å². The summed E-state index contributed by atoms with van der Waals surface area (Å²) < 4.78 is 33.6. The van der Waals surface area contributed by atoms with Crippen molar-refractivity contribution in [1.82, 2.24) is 9.21 Å². The average molecular weight is 486 g/mol. The molecule has 0 aromatic heterocycles. The number of sulfonamides is 1. The normalized spacial score (nSPS) is 19.4. The van der Waals surface area contributed by atoms with Gasteiger partial charge in [-0.15, -0.1) is 0 Å². The lowest BCUT2D eigenvalue weighted by atomic mass is 10.1. The highest BCUT2D eigenvalue weighted by atomic mass is 32.2. The van der Waals surface area contributed by atoms with Crippen LogP contribution < -0.4 is 5.32 Å². The Morgan fingerprint density at radius 3 is 2.56 bits per heavy atom. The van der Waals surface area contributed by atoms with E-state index in [1.807, 2.05) is 25.1 Å². The van der Waals surface area contributed by atoms with Gasteiger partial charge in [0.15, 0.2) is 0 Å². The zero-order valence-electron chi connectivity index (χ0n) is 19.9. The van der Waals surface area contributed by atoms with Gasteiger partial charge in [0.1, 0.15) is 0 Å². The van der Waals surface area contributed by atoms with Crippen molar-refractivity contribution in [2.24, 2.45) is 0 Å². The number of carbonyl (C=O) groups is 1. The maximum absolute atomic E-state index is 13.1. The van der Waals surface area contributed by atoms with Crippen LogP contribution in [0, 0.1) is 6.92 Å². The Morgan fingerprint density at radius 2 is 1.85 bits per heavy atom. The number of hydrogen-bond donors (Lipinski definition) is 1. The van der Waals surface area contributed by atoms with E-state index in [1.165, 1.54) is 0 Å². The largest absolute Gasteiger partial charge is 0.377 e. The topological polar surface area (TPSA) is 79.0 Å². The molecule has 1 amide bonds. The van der Waals surface area contributed by atoms with Crippen molar-refractivity contribution in [3.05, 3.63) is 59.7 Å². The van der Waals surface area contributed by atoms with Crippen LogP contribution in [0.25, 0.3) is 0 Å². The van der Waals surface area contributed by atoms with Crippen molar-refractivity contribution in [3.63, 3.8) is 0 Å². The predicted molar refractivity (Wildman–Crippen MR) is 133 cm³/mol. The van der Waals surface area contributed by atoms with Gasteiger partial charge in [-0.1, -0.05) is 42.8 Å². The van der Waals surface area contributed by atoms with Gasteiger partial charge in [0.05, 0.1) is 17.5 Å². The fourth-order valence-electron chi connectivity index (χ4n) is 4.65. The summed E-state index contributed by atoms with van der Waals surface area (Å²) in [7, 11) is -3.56. The molecule has 2 heterocycles. The monoisotopic (exact) mass is 485 g/mol. The molecule has 34 heavy (non-hydrogen) atoms. The number of aryl methyl sites for hydroxylation is 1. The number of ether oxygens (including phenoxy) is 1. The van der Waals surface area contributed by atoms with Gasteiger partial charge < -0.3 is 10.1 Å². The van der Waals surface area contributed by atoms with Gasteiger partial charge >= 0.3 is 0 Å². The molecule has 2 aliphatic heterocycles. The highest BCUT2D eigenvalue weighted by Gasteiger charge is 2.27. The number of benzene rings is 2. The number of nitrogens with zero attached hydrogens (tertiary/aromatic N) is 2. The Kier molecular flexibility index (Phi) is 8.37. The first-order chi connectivity index (χ1) is 16.4. The van der Waals surface area contributed by atoms with Crippen LogP contribution in [0.3, 0.4) is 0 Å². The fourth-order valence-corrected chi connectivity index (χ4v) is 6.19. The summed E-state index contributed by atoms with van der Waals surface area (Å²) in [6.45, 7) is 5.29. The van der Waals surface area contributed by atoms with E-state index in [0.29, 0.717) is 31.9 Å². The van der Waals surface area contributed by atoms with Crippen molar-refractivity contribution in [2.75, 3.05) is 38.1 Å². The molecule has 2 fully saturated rings. The Bertz CT molecular complexity index is 1060. The maximum Gasteiger partial charge on any atom is 0.243 e. The van der Waals surface area contributed by atoms with E-state index in [0.717, 1.165) is 49.8 Å². The molecule has 1 atom stereocenters. The minimum atomic E-state index is -3.56. The van der Waals surface area contributed by atoms with E-state index >= 15 is 0 Å². The zero-order valence-corrected chi connectivity index (χ0v) is 20.7. The lowest BCUT2D eigenvalue weighted by Crippen LogP contribution is -2.38. The van der Waals surface area contributed by atoms with Gasteiger partial charge in [-0.2, -0.15) is 4.31 Å². The molecule has 0 radical (unpaired) electrons. The summed E-state index contributed by atoms with van der Waals surface area (Å²) in [4.78, 5) is 15.4. The summed E-state index contributed by atoms with van der Waals surface area (Å²) >= 11 is 0. The third-order valence-electron chi connectivity index (χ3n) is 6.54. The molecule has 7 nitrogen and oxygen atoms in total. The third-order valence-corrected chi connectivity index (χ3v) is 8.43. The lowest BCUT2D eigenvalue weighted by molar-refractivity contribution is -0.117. The molecule has 1 N–H and O–H groups in total. The van der Waals surface area contributed by atoms with Crippen molar-refractivity contribution < 1.29 is 17.9 Å². The summed E-state index contributed by atoms with van der Waals surface area (Å²) in [6, 6.07) is 15.1. The number of carbonyl (C=O) groups excluding carboxylic acids is 1. The molecule has 0 spiro atoms. The van der Waals surface area contributed by atoms with Gasteiger partial charge in [-0.25, -0.2) is 8.42 Å². The Morgan fingerprint density at radius 1 is 1.09 bits per heavy atom. The first-order valence-electron chi connectivity index (χ1n) is 12.2. The quantitative estimate of drug-likeness (QED) is 0.585. The molecule has 1 unspecified atom stereocenters. The molecule has 0 bridgehead atoms. The van der Waals surface area contributed by atoms with Crippen LogP contribution in [0.4, 0.5) is 5.69 Å². The van der Waals surface area contributed by atoms with Gasteiger partial charge in [-0.3, -0.25) is 9.69 Å². The van der Waals surface area contributed by atoms with Crippen LogP contribution >= 0.6 is 0 Å². The lowest BCUT2D eigenvalue weighted by Gasteiger charge is -2.26. The summed E-state index contributed by atoms with van der Waals surface area (Å²) in [5.74, 6) is -0.162. The van der Waals surface area contributed by atoms with E-state index in [4.69, 9.17) is 4.74 Å². The highest BCUT2D eigenvalue weighted by Crippen LogP contribution is 2.25. The number of piperidine rings is 1. The van der Waals surface area contributed by atoms with E-state index in [2.05, 4.69) is 22.3 Å². The van der Waals surface area contributed by atoms with Crippen LogP contribution in [0.2, 0.25) is 0 Å². The van der Waals surface area contributed by atoms with Crippen LogP contribution in [0.15, 0.2) is 53.4 Å². The molecule has 2 aromatic carbocycles. The zero-order chi connectivity index (χ0) is 24.0. The number of rotatable bonds is 9. The first kappa shape index (κ1) is 24.9. The summed E-state index contributed by atoms with van der Waals surface area (Å²) in [5, 5.41) is 2.96. The number of anilines is 1. The first-order valence-corrected chi connectivity index (χ1v) is 13.6. The molecule has 2 aliphatic rings. The van der Waals surface area contributed by atoms with Crippen LogP contribution in [0.1, 0.15) is 43.2 Å². The smallest absolute Gasteiger partial charge is 0.243 e. The second-order valence-electron chi connectivity index (χ2n) is 9.28. The van der Waals surface area contributed by atoms with Crippen LogP contribution in [0.5, 0.6) is 0 Å². The molecule has 0 saturated carbocycles. The van der Waals surface area contributed by atoms with Gasteiger partial charge in [0.2, 0.25) is 15.9 Å². The third kappa shape index (κ3) is 6.44. The van der Waals surface area contributed by atoms with E-state index in [9.17, 15) is 13.2 Å². The van der Waals surface area contributed by atoms with Gasteiger partial charge in [0, 0.05) is 38.5 Å². The summed E-state index contributed by atoms with van der Waals surface area (Å²) in [5.41, 5.74) is 2.51. The molecule has 0 aliphatic carbocycles. The predicted octanol–water partition coefficient (Wildman–Crippen LogP) is 3.79. The molecular weight excluding hydrogens is 450 g/mol. The highest BCUT2D eigenvalue weighted by molar-refractivity contribution is 7.89. The second-order valence-corrected chi connectivity index (χ2v) is 11.2. The maximum atomic E-state index is 13.1. The van der Waals surface area contributed by atoms with Crippen LogP contribution in [-0.2, 0) is 26.1 Å². The minimum Gasteiger partial charge on any atom is -0.377 e. The second kappa shape index (κ2) is 11.4. The SMILES string of the molecule is Cc1ccc(S(=O)(=O)N2CCCCC2)cc1NC(=O)CN(Cc1ccccc1)CC1CCCO1. The van der Waals surface area contributed by atoms with Gasteiger partial charge in [-0.05, 0) is 55.9 Å². The molecular formula is C26H35N3O4S. The average Bonchev–Trinajstić information content (AvgIpc) is 3.34. The van der Waals surface area contributed by atoms with E-state index in [-0.39, 0.29) is 23.5 Å². The fraction of sp³-hybridized carbons (Fsp3) is 0.500. The number of hydrogen-bond acceptors (Lipinski definition) is 5. The number of nitrogens with one attached hydrogen (secondary N) is 1. The van der Waals surface area contributed by atoms with E-state index in [1.54, 1.807) is 22.5 Å². The van der Waals surface area contributed by atoms with Crippen LogP contribution in [-0.4, -0.2) is 62.4 Å². The molecule has 2 aromatic rings. The summed E-state index contributed by atoms with van der Waals surface area (Å²) in [6.07, 6.45) is 5.02. The van der Waals surface area contributed by atoms with Crippen molar-refractivity contribution in [3.8, 4) is 0 Å². The number of amides is 1. The Hall–Kier alpha value is -2.26. The molecule has 184 valence electrons.